The second kappa shape index (κ2) is 4.53. The summed E-state index contributed by atoms with van der Waals surface area (Å²) in [4.78, 5) is 10.8. The normalized spacial score (nSPS) is 12.3. The van der Waals surface area contributed by atoms with Crippen molar-refractivity contribution in [3.63, 3.8) is 0 Å². The summed E-state index contributed by atoms with van der Waals surface area (Å²) in [5.41, 5.74) is 1.47. The molecule has 82 valence electrons. The highest BCUT2D eigenvalue weighted by Crippen LogP contribution is 2.31. The minimum absolute atomic E-state index is 0.461. The lowest BCUT2D eigenvalue weighted by Gasteiger charge is -2.12. The van der Waals surface area contributed by atoms with E-state index in [0.29, 0.717) is 16.3 Å². The zero-order valence-corrected chi connectivity index (χ0v) is 9.63. The predicted molar refractivity (Wildman–Crippen MR) is 58.8 cm³/mol. The highest BCUT2D eigenvalue weighted by Gasteiger charge is 2.18. The number of aryl methyl sites for hydroxylation is 1. The Bertz CT molecular complexity index is 388. The summed E-state index contributed by atoms with van der Waals surface area (Å²) in [5, 5.41) is 9.35. The summed E-state index contributed by atoms with van der Waals surface area (Å²) in [6.07, 6.45) is 0. The van der Waals surface area contributed by atoms with Crippen molar-refractivity contribution >= 4 is 17.6 Å². The van der Waals surface area contributed by atoms with Crippen LogP contribution >= 0.6 is 11.6 Å². The van der Waals surface area contributed by atoms with E-state index >= 15 is 0 Å². The number of carboxylic acids is 1. The van der Waals surface area contributed by atoms with E-state index in [1.165, 1.54) is 0 Å². The Morgan fingerprint density at radius 3 is 2.60 bits per heavy atom. The summed E-state index contributed by atoms with van der Waals surface area (Å²) in [6.45, 7) is 3.46. The van der Waals surface area contributed by atoms with E-state index in [2.05, 4.69) is 0 Å². The van der Waals surface area contributed by atoms with Crippen molar-refractivity contribution in [2.24, 2.45) is 0 Å². The molecule has 1 N–H and O–H groups in total. The van der Waals surface area contributed by atoms with E-state index in [1.54, 1.807) is 26.2 Å². The minimum atomic E-state index is -0.900. The molecule has 1 atom stereocenters. The van der Waals surface area contributed by atoms with Gasteiger partial charge in [0.2, 0.25) is 0 Å². The zero-order chi connectivity index (χ0) is 11.6. The van der Waals surface area contributed by atoms with Gasteiger partial charge in [-0.3, -0.25) is 4.79 Å². The van der Waals surface area contributed by atoms with Gasteiger partial charge in [0, 0.05) is 5.02 Å². The molecule has 0 spiro atoms. The third-order valence-electron chi connectivity index (χ3n) is 2.35. The van der Waals surface area contributed by atoms with Crippen molar-refractivity contribution in [3.05, 3.63) is 28.3 Å². The van der Waals surface area contributed by atoms with Gasteiger partial charge in [0.15, 0.2) is 0 Å². The van der Waals surface area contributed by atoms with Crippen LogP contribution in [0.15, 0.2) is 12.1 Å². The van der Waals surface area contributed by atoms with Crippen LogP contribution < -0.4 is 4.74 Å². The average molecular weight is 229 g/mol. The SMILES string of the molecule is COc1cc(C(C)C(=O)O)c(Cl)cc1C. The van der Waals surface area contributed by atoms with Gasteiger partial charge in [0.05, 0.1) is 13.0 Å². The average Bonchev–Trinajstić information content (AvgIpc) is 2.17. The van der Waals surface area contributed by atoms with Gasteiger partial charge in [0.1, 0.15) is 5.75 Å². The summed E-state index contributed by atoms with van der Waals surface area (Å²) in [5.74, 6) is -0.877. The smallest absolute Gasteiger partial charge is 0.310 e. The van der Waals surface area contributed by atoms with Crippen LogP contribution in [0.5, 0.6) is 5.75 Å². The van der Waals surface area contributed by atoms with E-state index in [4.69, 9.17) is 21.4 Å². The van der Waals surface area contributed by atoms with Crippen molar-refractivity contribution in [1.29, 1.82) is 0 Å². The number of carbonyl (C=O) groups is 1. The fraction of sp³-hybridized carbons (Fsp3) is 0.364. The number of ether oxygens (including phenoxy) is 1. The molecule has 0 amide bonds. The molecule has 1 rings (SSSR count). The molecule has 0 aliphatic rings. The summed E-state index contributed by atoms with van der Waals surface area (Å²) < 4.78 is 5.12. The van der Waals surface area contributed by atoms with Gasteiger partial charge < -0.3 is 9.84 Å². The fourth-order valence-electron chi connectivity index (χ4n) is 1.35. The van der Waals surface area contributed by atoms with Gasteiger partial charge in [0.25, 0.3) is 0 Å². The Balaban J connectivity index is 3.24. The molecule has 1 aromatic rings. The molecular formula is C11H13ClO3. The van der Waals surface area contributed by atoms with Crippen LogP contribution in [0.4, 0.5) is 0 Å². The predicted octanol–water partition coefficient (Wildman–Crippen LogP) is 2.85. The van der Waals surface area contributed by atoms with Gasteiger partial charge in [-0.05, 0) is 37.1 Å². The van der Waals surface area contributed by atoms with Crippen LogP contribution in [0.25, 0.3) is 0 Å². The second-order valence-electron chi connectivity index (χ2n) is 3.40. The highest BCUT2D eigenvalue weighted by molar-refractivity contribution is 6.31. The van der Waals surface area contributed by atoms with E-state index in [1.807, 2.05) is 6.92 Å². The summed E-state index contributed by atoms with van der Waals surface area (Å²) in [6, 6.07) is 3.39. The molecular weight excluding hydrogens is 216 g/mol. The third-order valence-corrected chi connectivity index (χ3v) is 2.68. The molecule has 0 aromatic heterocycles. The van der Waals surface area contributed by atoms with Gasteiger partial charge >= 0.3 is 5.97 Å². The van der Waals surface area contributed by atoms with Crippen molar-refractivity contribution in [2.45, 2.75) is 19.8 Å². The first-order valence-electron chi connectivity index (χ1n) is 4.54. The number of halogens is 1. The Hall–Kier alpha value is -1.22. The molecule has 1 unspecified atom stereocenters. The number of rotatable bonds is 3. The van der Waals surface area contributed by atoms with Crippen molar-refractivity contribution in [2.75, 3.05) is 7.11 Å². The van der Waals surface area contributed by atoms with Crippen LogP contribution in [-0.2, 0) is 4.79 Å². The molecule has 4 heteroatoms. The lowest BCUT2D eigenvalue weighted by Crippen LogP contribution is -2.08. The van der Waals surface area contributed by atoms with Gasteiger partial charge in [-0.15, -0.1) is 0 Å². The zero-order valence-electron chi connectivity index (χ0n) is 8.87. The molecule has 3 nitrogen and oxygen atoms in total. The molecule has 0 radical (unpaired) electrons. The van der Waals surface area contributed by atoms with Crippen molar-refractivity contribution in [1.82, 2.24) is 0 Å². The molecule has 0 aliphatic carbocycles. The molecule has 15 heavy (non-hydrogen) atoms. The monoisotopic (exact) mass is 228 g/mol. The maximum absolute atomic E-state index is 10.8. The Labute approximate surface area is 93.6 Å². The first-order chi connectivity index (χ1) is 6.97. The number of benzene rings is 1. The topological polar surface area (TPSA) is 46.5 Å². The third kappa shape index (κ3) is 2.42. The van der Waals surface area contributed by atoms with Gasteiger partial charge in [-0.25, -0.2) is 0 Å². The molecule has 0 saturated carbocycles. The van der Waals surface area contributed by atoms with Crippen molar-refractivity contribution in [3.8, 4) is 5.75 Å². The number of aliphatic carboxylic acids is 1. The Morgan fingerprint density at radius 1 is 1.53 bits per heavy atom. The van der Waals surface area contributed by atoms with Crippen LogP contribution in [0, 0.1) is 6.92 Å². The number of hydrogen-bond acceptors (Lipinski definition) is 2. The van der Waals surface area contributed by atoms with Crippen LogP contribution in [0.3, 0.4) is 0 Å². The first-order valence-corrected chi connectivity index (χ1v) is 4.92. The Kier molecular flexibility index (Phi) is 3.58. The summed E-state index contributed by atoms with van der Waals surface area (Å²) >= 11 is 5.98. The number of carboxylic acid groups (broad SMARTS) is 1. The number of methoxy groups -OCH3 is 1. The van der Waals surface area contributed by atoms with Crippen LogP contribution in [0.2, 0.25) is 5.02 Å². The Morgan fingerprint density at radius 2 is 2.13 bits per heavy atom. The fourth-order valence-corrected chi connectivity index (χ4v) is 1.74. The van der Waals surface area contributed by atoms with E-state index in [0.717, 1.165) is 5.56 Å². The standard InChI is InChI=1S/C11H13ClO3/c1-6-4-9(12)8(5-10(6)15-3)7(2)11(13)14/h4-5,7H,1-3H3,(H,13,14). The molecule has 1 aromatic carbocycles. The molecule has 0 fully saturated rings. The largest absolute Gasteiger partial charge is 0.496 e. The van der Waals surface area contributed by atoms with E-state index in [9.17, 15) is 4.79 Å². The van der Waals surface area contributed by atoms with Gasteiger partial charge in [-0.2, -0.15) is 0 Å². The van der Waals surface area contributed by atoms with E-state index < -0.39 is 11.9 Å². The number of hydrogen-bond donors (Lipinski definition) is 1. The van der Waals surface area contributed by atoms with Gasteiger partial charge in [-0.1, -0.05) is 11.6 Å². The molecule has 0 bridgehead atoms. The van der Waals surface area contributed by atoms with Crippen LogP contribution in [-0.4, -0.2) is 18.2 Å². The maximum atomic E-state index is 10.8. The quantitative estimate of drug-likeness (QED) is 0.865. The lowest BCUT2D eigenvalue weighted by atomic mass is 9.99. The molecule has 0 saturated heterocycles. The lowest BCUT2D eigenvalue weighted by molar-refractivity contribution is -0.138. The molecule has 0 heterocycles. The highest BCUT2D eigenvalue weighted by atomic mass is 35.5. The van der Waals surface area contributed by atoms with E-state index in [-0.39, 0.29) is 0 Å². The second-order valence-corrected chi connectivity index (χ2v) is 3.81. The maximum Gasteiger partial charge on any atom is 0.310 e. The molecule has 0 aliphatic heterocycles. The minimum Gasteiger partial charge on any atom is -0.496 e. The van der Waals surface area contributed by atoms with Crippen molar-refractivity contribution < 1.29 is 14.6 Å². The van der Waals surface area contributed by atoms with Crippen LogP contribution in [0.1, 0.15) is 24.0 Å². The first kappa shape index (κ1) is 11.9. The summed E-state index contributed by atoms with van der Waals surface area (Å²) in [7, 11) is 1.55.